The van der Waals surface area contributed by atoms with Crippen molar-refractivity contribution >= 4 is 23.2 Å². The number of carbonyl (C=O) groups is 1. The van der Waals surface area contributed by atoms with Crippen LogP contribution in [0.25, 0.3) is 0 Å². The first-order valence-corrected chi connectivity index (χ1v) is 6.79. The summed E-state index contributed by atoms with van der Waals surface area (Å²) in [5.41, 5.74) is 6.17. The topological polar surface area (TPSA) is 55.1 Å². The minimum absolute atomic E-state index is 0.00223. The SMILES string of the molecule is CC(N)CCCC(C)C(=O)Nc1ccc(F)c(Cl)c1. The number of anilines is 1. The quantitative estimate of drug-likeness (QED) is 0.840. The highest BCUT2D eigenvalue weighted by Crippen LogP contribution is 2.20. The van der Waals surface area contributed by atoms with Gasteiger partial charge < -0.3 is 11.1 Å². The first kappa shape index (κ1) is 15.9. The van der Waals surface area contributed by atoms with Crippen molar-refractivity contribution in [3.8, 4) is 0 Å². The van der Waals surface area contributed by atoms with Crippen molar-refractivity contribution < 1.29 is 9.18 Å². The number of hydrogen-bond acceptors (Lipinski definition) is 2. The van der Waals surface area contributed by atoms with Crippen molar-refractivity contribution in [2.24, 2.45) is 11.7 Å². The van der Waals surface area contributed by atoms with Crippen LogP contribution in [0.2, 0.25) is 5.02 Å². The maximum Gasteiger partial charge on any atom is 0.227 e. The molecule has 0 heterocycles. The van der Waals surface area contributed by atoms with E-state index in [1.807, 2.05) is 13.8 Å². The van der Waals surface area contributed by atoms with Gasteiger partial charge in [-0.25, -0.2) is 4.39 Å². The lowest BCUT2D eigenvalue weighted by molar-refractivity contribution is -0.119. The Labute approximate surface area is 118 Å². The van der Waals surface area contributed by atoms with Crippen LogP contribution in [0.1, 0.15) is 33.1 Å². The minimum Gasteiger partial charge on any atom is -0.328 e. The van der Waals surface area contributed by atoms with Crippen LogP contribution in [0, 0.1) is 11.7 Å². The zero-order valence-electron chi connectivity index (χ0n) is 11.2. The summed E-state index contributed by atoms with van der Waals surface area (Å²) >= 11 is 5.66. The number of carbonyl (C=O) groups excluding carboxylic acids is 1. The van der Waals surface area contributed by atoms with Gasteiger partial charge in [0.25, 0.3) is 0 Å². The first-order valence-electron chi connectivity index (χ1n) is 6.41. The molecule has 1 aromatic rings. The van der Waals surface area contributed by atoms with Crippen molar-refractivity contribution in [2.45, 2.75) is 39.2 Å². The second-order valence-corrected chi connectivity index (χ2v) is 5.33. The Morgan fingerprint density at radius 1 is 1.42 bits per heavy atom. The Morgan fingerprint density at radius 3 is 2.68 bits per heavy atom. The van der Waals surface area contributed by atoms with Gasteiger partial charge in [0.2, 0.25) is 5.91 Å². The van der Waals surface area contributed by atoms with E-state index in [4.69, 9.17) is 17.3 Å². The third-order valence-corrected chi connectivity index (χ3v) is 3.22. The summed E-state index contributed by atoms with van der Waals surface area (Å²) in [5.74, 6) is -0.695. The summed E-state index contributed by atoms with van der Waals surface area (Å²) < 4.78 is 13.0. The van der Waals surface area contributed by atoms with E-state index in [0.717, 1.165) is 19.3 Å². The van der Waals surface area contributed by atoms with Crippen molar-refractivity contribution in [3.05, 3.63) is 29.0 Å². The fraction of sp³-hybridized carbons (Fsp3) is 0.500. The number of rotatable bonds is 6. The maximum absolute atomic E-state index is 13.0. The van der Waals surface area contributed by atoms with Crippen LogP contribution in [0.5, 0.6) is 0 Å². The van der Waals surface area contributed by atoms with Crippen LogP contribution < -0.4 is 11.1 Å². The highest BCUT2D eigenvalue weighted by Gasteiger charge is 2.13. The molecule has 0 aliphatic rings. The lowest BCUT2D eigenvalue weighted by atomic mass is 10.0. The lowest BCUT2D eigenvalue weighted by Gasteiger charge is -2.13. The molecule has 1 rings (SSSR count). The Morgan fingerprint density at radius 2 is 2.11 bits per heavy atom. The van der Waals surface area contributed by atoms with E-state index in [-0.39, 0.29) is 22.9 Å². The third kappa shape index (κ3) is 5.57. The zero-order valence-corrected chi connectivity index (χ0v) is 12.0. The van der Waals surface area contributed by atoms with Crippen molar-refractivity contribution in [1.82, 2.24) is 0 Å². The summed E-state index contributed by atoms with van der Waals surface area (Å²) in [6.45, 7) is 3.81. The molecule has 3 nitrogen and oxygen atoms in total. The third-order valence-electron chi connectivity index (χ3n) is 2.93. The summed E-state index contributed by atoms with van der Waals surface area (Å²) in [4.78, 5) is 11.9. The number of benzene rings is 1. The normalized spacial score (nSPS) is 13.9. The fourth-order valence-electron chi connectivity index (χ4n) is 1.72. The summed E-state index contributed by atoms with van der Waals surface area (Å²) in [6.07, 6.45) is 2.60. The van der Waals surface area contributed by atoms with Crippen LogP contribution in [0.4, 0.5) is 10.1 Å². The van der Waals surface area contributed by atoms with Gasteiger partial charge in [0.05, 0.1) is 5.02 Å². The second kappa shape index (κ2) is 7.46. The molecule has 0 radical (unpaired) electrons. The molecule has 19 heavy (non-hydrogen) atoms. The van der Waals surface area contributed by atoms with Gasteiger partial charge in [0, 0.05) is 17.6 Å². The number of nitrogens with one attached hydrogen (secondary N) is 1. The number of hydrogen-bond donors (Lipinski definition) is 2. The van der Waals surface area contributed by atoms with Crippen LogP contribution in [0.15, 0.2) is 18.2 Å². The molecule has 0 saturated heterocycles. The largest absolute Gasteiger partial charge is 0.328 e. The predicted molar refractivity (Wildman–Crippen MR) is 76.7 cm³/mol. The Hall–Kier alpha value is -1.13. The second-order valence-electron chi connectivity index (χ2n) is 4.93. The lowest BCUT2D eigenvalue weighted by Crippen LogP contribution is -2.21. The molecule has 5 heteroatoms. The standard InChI is InChI=1S/C14H20ClFN2O/c1-9(4-3-5-10(2)17)14(19)18-11-6-7-13(16)12(15)8-11/h6-10H,3-5,17H2,1-2H3,(H,18,19). The van der Waals surface area contributed by atoms with Crippen molar-refractivity contribution in [2.75, 3.05) is 5.32 Å². The van der Waals surface area contributed by atoms with Gasteiger partial charge in [-0.2, -0.15) is 0 Å². The number of amides is 1. The summed E-state index contributed by atoms with van der Waals surface area (Å²) in [5, 5.41) is 2.73. The van der Waals surface area contributed by atoms with Crippen molar-refractivity contribution in [3.63, 3.8) is 0 Å². The van der Waals surface area contributed by atoms with Crippen molar-refractivity contribution in [1.29, 1.82) is 0 Å². The summed E-state index contributed by atoms with van der Waals surface area (Å²) in [7, 11) is 0. The molecule has 0 aliphatic carbocycles. The molecular formula is C14H20ClFN2O. The first-order chi connectivity index (χ1) is 8.90. The van der Waals surface area contributed by atoms with E-state index in [9.17, 15) is 9.18 Å². The molecule has 1 aromatic carbocycles. The van der Waals surface area contributed by atoms with Gasteiger partial charge in [-0.15, -0.1) is 0 Å². The average Bonchev–Trinajstić information content (AvgIpc) is 2.33. The van der Waals surface area contributed by atoms with E-state index in [0.29, 0.717) is 5.69 Å². The maximum atomic E-state index is 13.0. The van der Waals surface area contributed by atoms with Crippen LogP contribution in [-0.4, -0.2) is 11.9 Å². The molecule has 106 valence electrons. The Bertz CT molecular complexity index is 437. The van der Waals surface area contributed by atoms with E-state index in [1.54, 1.807) is 0 Å². The predicted octanol–water partition coefficient (Wildman–Crippen LogP) is 3.57. The molecule has 0 fully saturated rings. The average molecular weight is 287 g/mol. The van der Waals surface area contributed by atoms with Gasteiger partial charge in [0.15, 0.2) is 0 Å². The van der Waals surface area contributed by atoms with Crippen LogP contribution in [-0.2, 0) is 4.79 Å². The smallest absolute Gasteiger partial charge is 0.227 e. The molecule has 2 atom stereocenters. The molecule has 0 saturated carbocycles. The van der Waals surface area contributed by atoms with Gasteiger partial charge in [-0.05, 0) is 38.0 Å². The van der Waals surface area contributed by atoms with E-state index in [2.05, 4.69) is 5.32 Å². The molecule has 0 bridgehead atoms. The van der Waals surface area contributed by atoms with Gasteiger partial charge in [0.1, 0.15) is 5.82 Å². The highest BCUT2D eigenvalue weighted by atomic mass is 35.5. The molecule has 2 unspecified atom stereocenters. The van der Waals surface area contributed by atoms with Gasteiger partial charge in [-0.1, -0.05) is 24.9 Å². The van der Waals surface area contributed by atoms with E-state index < -0.39 is 5.82 Å². The van der Waals surface area contributed by atoms with Crippen LogP contribution in [0.3, 0.4) is 0 Å². The molecule has 3 N–H and O–H groups in total. The Kier molecular flexibility index (Phi) is 6.25. The minimum atomic E-state index is -0.496. The van der Waals surface area contributed by atoms with Gasteiger partial charge in [-0.3, -0.25) is 4.79 Å². The fourth-order valence-corrected chi connectivity index (χ4v) is 1.90. The monoisotopic (exact) mass is 286 g/mol. The van der Waals surface area contributed by atoms with Gasteiger partial charge >= 0.3 is 0 Å². The summed E-state index contributed by atoms with van der Waals surface area (Å²) in [6, 6.07) is 4.29. The molecular weight excluding hydrogens is 267 g/mol. The number of halogens is 2. The van der Waals surface area contributed by atoms with Crippen LogP contribution >= 0.6 is 11.6 Å². The molecule has 0 spiro atoms. The molecule has 0 aliphatic heterocycles. The van der Waals surface area contributed by atoms with E-state index in [1.165, 1.54) is 18.2 Å². The van der Waals surface area contributed by atoms with E-state index >= 15 is 0 Å². The zero-order chi connectivity index (χ0) is 14.4. The number of nitrogens with two attached hydrogens (primary N) is 1. The Balaban J connectivity index is 2.47. The molecule has 0 aromatic heterocycles. The highest BCUT2D eigenvalue weighted by molar-refractivity contribution is 6.31. The molecule has 1 amide bonds.